The summed E-state index contributed by atoms with van der Waals surface area (Å²) < 4.78 is 13.0. The standard InChI is InChI=1S/C13H9FN2S/c14-10-5-6-12(9(7-10)8-15)17-13-4-2-1-3-11(13)16/h1-7H,16H2. The molecule has 84 valence electrons. The zero-order chi connectivity index (χ0) is 12.3. The summed E-state index contributed by atoms with van der Waals surface area (Å²) in [4.78, 5) is 1.56. The van der Waals surface area contributed by atoms with Crippen LogP contribution in [0.3, 0.4) is 0 Å². The number of rotatable bonds is 2. The average molecular weight is 244 g/mol. The molecule has 0 fully saturated rings. The number of para-hydroxylation sites is 1. The zero-order valence-electron chi connectivity index (χ0n) is 8.85. The smallest absolute Gasteiger partial charge is 0.124 e. The van der Waals surface area contributed by atoms with Crippen molar-refractivity contribution in [1.82, 2.24) is 0 Å². The first-order valence-corrected chi connectivity index (χ1v) is 5.74. The predicted molar refractivity (Wildman–Crippen MR) is 66.1 cm³/mol. The molecule has 0 saturated heterocycles. The molecule has 0 aromatic heterocycles. The molecule has 0 bridgehead atoms. The number of nitrogen functional groups attached to an aromatic ring is 1. The van der Waals surface area contributed by atoms with Crippen LogP contribution in [-0.4, -0.2) is 0 Å². The molecule has 0 amide bonds. The number of anilines is 1. The van der Waals surface area contributed by atoms with Crippen molar-refractivity contribution in [2.45, 2.75) is 9.79 Å². The van der Waals surface area contributed by atoms with Crippen molar-refractivity contribution in [3.8, 4) is 6.07 Å². The molecule has 0 unspecified atom stereocenters. The largest absolute Gasteiger partial charge is 0.398 e. The van der Waals surface area contributed by atoms with E-state index in [0.29, 0.717) is 16.1 Å². The highest BCUT2D eigenvalue weighted by Crippen LogP contribution is 2.33. The zero-order valence-corrected chi connectivity index (χ0v) is 9.67. The Bertz CT molecular complexity index is 590. The van der Waals surface area contributed by atoms with E-state index in [1.807, 2.05) is 24.3 Å². The van der Waals surface area contributed by atoms with Crippen molar-refractivity contribution in [1.29, 1.82) is 5.26 Å². The molecule has 2 aromatic carbocycles. The summed E-state index contributed by atoms with van der Waals surface area (Å²) >= 11 is 1.36. The number of hydrogen-bond acceptors (Lipinski definition) is 3. The minimum Gasteiger partial charge on any atom is -0.398 e. The molecule has 2 nitrogen and oxygen atoms in total. The molecule has 0 aliphatic rings. The van der Waals surface area contributed by atoms with E-state index in [1.54, 1.807) is 12.1 Å². The van der Waals surface area contributed by atoms with Gasteiger partial charge in [-0.15, -0.1) is 0 Å². The molecule has 2 aromatic rings. The number of halogens is 1. The van der Waals surface area contributed by atoms with Gasteiger partial charge in [0, 0.05) is 15.5 Å². The molecule has 0 spiro atoms. The van der Waals surface area contributed by atoms with Crippen LogP contribution in [0.2, 0.25) is 0 Å². The highest BCUT2D eigenvalue weighted by Gasteiger charge is 2.07. The third-order valence-electron chi connectivity index (χ3n) is 2.20. The van der Waals surface area contributed by atoms with Gasteiger partial charge in [0.2, 0.25) is 0 Å². The molecule has 0 saturated carbocycles. The van der Waals surface area contributed by atoms with Gasteiger partial charge in [0.25, 0.3) is 0 Å². The van der Waals surface area contributed by atoms with Crippen molar-refractivity contribution in [3.05, 3.63) is 53.8 Å². The highest BCUT2D eigenvalue weighted by molar-refractivity contribution is 7.99. The number of nitriles is 1. The number of hydrogen-bond donors (Lipinski definition) is 1. The summed E-state index contributed by atoms with van der Waals surface area (Å²) in [6.07, 6.45) is 0. The lowest BCUT2D eigenvalue weighted by Crippen LogP contribution is -1.89. The van der Waals surface area contributed by atoms with Crippen LogP contribution in [0.4, 0.5) is 10.1 Å². The summed E-state index contributed by atoms with van der Waals surface area (Å²) in [6, 6.07) is 13.5. The van der Waals surface area contributed by atoms with Crippen molar-refractivity contribution in [2.75, 3.05) is 5.73 Å². The molecule has 2 rings (SSSR count). The van der Waals surface area contributed by atoms with Crippen LogP contribution in [0.5, 0.6) is 0 Å². The number of nitrogens with two attached hydrogens (primary N) is 1. The maximum Gasteiger partial charge on any atom is 0.124 e. The van der Waals surface area contributed by atoms with Crippen LogP contribution < -0.4 is 5.73 Å². The van der Waals surface area contributed by atoms with Crippen LogP contribution in [0, 0.1) is 17.1 Å². The predicted octanol–water partition coefficient (Wildman–Crippen LogP) is 3.43. The Labute approximate surface area is 103 Å². The van der Waals surface area contributed by atoms with Crippen LogP contribution in [0.1, 0.15) is 5.56 Å². The third kappa shape index (κ3) is 2.58. The fourth-order valence-electron chi connectivity index (χ4n) is 1.37. The van der Waals surface area contributed by atoms with E-state index >= 15 is 0 Å². The first-order valence-electron chi connectivity index (χ1n) is 4.92. The van der Waals surface area contributed by atoms with E-state index in [1.165, 1.54) is 23.9 Å². The second-order valence-corrected chi connectivity index (χ2v) is 4.48. The van der Waals surface area contributed by atoms with Crippen molar-refractivity contribution in [3.63, 3.8) is 0 Å². The fraction of sp³-hybridized carbons (Fsp3) is 0. The topological polar surface area (TPSA) is 49.8 Å². The normalized spacial score (nSPS) is 9.88. The molecule has 17 heavy (non-hydrogen) atoms. The van der Waals surface area contributed by atoms with E-state index < -0.39 is 5.82 Å². The Morgan fingerprint density at radius 3 is 2.59 bits per heavy atom. The van der Waals surface area contributed by atoms with Crippen LogP contribution in [0.25, 0.3) is 0 Å². The van der Waals surface area contributed by atoms with Crippen LogP contribution in [-0.2, 0) is 0 Å². The second kappa shape index (κ2) is 4.89. The van der Waals surface area contributed by atoms with Crippen molar-refractivity contribution in [2.24, 2.45) is 0 Å². The van der Waals surface area contributed by atoms with Gasteiger partial charge < -0.3 is 5.73 Å². The van der Waals surface area contributed by atoms with Gasteiger partial charge in [-0.25, -0.2) is 4.39 Å². The number of benzene rings is 2. The minimum atomic E-state index is -0.410. The molecule has 0 radical (unpaired) electrons. The van der Waals surface area contributed by atoms with Gasteiger partial charge in [0.1, 0.15) is 11.9 Å². The van der Waals surface area contributed by atoms with Gasteiger partial charge in [0.05, 0.1) is 5.56 Å². The van der Waals surface area contributed by atoms with Gasteiger partial charge in [-0.1, -0.05) is 23.9 Å². The monoisotopic (exact) mass is 244 g/mol. The Balaban J connectivity index is 2.37. The molecule has 0 aliphatic heterocycles. The number of nitrogens with zero attached hydrogens (tertiary/aromatic N) is 1. The van der Waals surface area contributed by atoms with Gasteiger partial charge in [-0.2, -0.15) is 5.26 Å². The lowest BCUT2D eigenvalue weighted by atomic mass is 10.2. The lowest BCUT2D eigenvalue weighted by molar-refractivity contribution is 0.626. The fourth-order valence-corrected chi connectivity index (χ4v) is 2.29. The quantitative estimate of drug-likeness (QED) is 0.823. The van der Waals surface area contributed by atoms with Gasteiger partial charge in [-0.3, -0.25) is 0 Å². The van der Waals surface area contributed by atoms with Gasteiger partial charge >= 0.3 is 0 Å². The SMILES string of the molecule is N#Cc1cc(F)ccc1Sc1ccccc1N. The van der Waals surface area contributed by atoms with Crippen molar-refractivity contribution >= 4 is 17.4 Å². The van der Waals surface area contributed by atoms with E-state index in [2.05, 4.69) is 0 Å². The lowest BCUT2D eigenvalue weighted by Gasteiger charge is -2.06. The van der Waals surface area contributed by atoms with Gasteiger partial charge in [-0.05, 0) is 30.3 Å². The maximum absolute atomic E-state index is 13.0. The molecule has 0 atom stereocenters. The first kappa shape index (κ1) is 11.5. The summed E-state index contributed by atoms with van der Waals surface area (Å²) in [7, 11) is 0. The summed E-state index contributed by atoms with van der Waals surface area (Å²) in [5.41, 5.74) is 6.77. The average Bonchev–Trinajstić information content (AvgIpc) is 2.34. The Morgan fingerprint density at radius 2 is 1.88 bits per heavy atom. The summed E-state index contributed by atoms with van der Waals surface area (Å²) in [5.74, 6) is -0.410. The summed E-state index contributed by atoms with van der Waals surface area (Å²) in [5, 5.41) is 8.93. The Morgan fingerprint density at radius 1 is 1.12 bits per heavy atom. The minimum absolute atomic E-state index is 0.318. The Kier molecular flexibility index (Phi) is 3.31. The van der Waals surface area contributed by atoms with E-state index in [9.17, 15) is 4.39 Å². The molecule has 0 heterocycles. The molecule has 0 aliphatic carbocycles. The molecular weight excluding hydrogens is 235 g/mol. The Hall–Kier alpha value is -1.99. The molecule has 4 heteroatoms. The van der Waals surface area contributed by atoms with Crippen LogP contribution >= 0.6 is 11.8 Å². The van der Waals surface area contributed by atoms with Crippen molar-refractivity contribution < 1.29 is 4.39 Å². The second-order valence-electron chi connectivity index (χ2n) is 3.39. The molecular formula is C13H9FN2S. The summed E-state index contributed by atoms with van der Waals surface area (Å²) in [6.45, 7) is 0. The van der Waals surface area contributed by atoms with E-state index in [4.69, 9.17) is 11.0 Å². The third-order valence-corrected chi connectivity index (χ3v) is 3.37. The van der Waals surface area contributed by atoms with Gasteiger partial charge in [0.15, 0.2) is 0 Å². The highest BCUT2D eigenvalue weighted by atomic mass is 32.2. The van der Waals surface area contributed by atoms with E-state index in [-0.39, 0.29) is 0 Å². The first-order chi connectivity index (χ1) is 8.20. The molecule has 2 N–H and O–H groups in total. The van der Waals surface area contributed by atoms with E-state index in [0.717, 1.165) is 4.90 Å². The van der Waals surface area contributed by atoms with Crippen LogP contribution in [0.15, 0.2) is 52.3 Å². The maximum atomic E-state index is 13.0.